The molecule has 0 radical (unpaired) electrons. The molecule has 1 fully saturated rings. The normalized spacial score (nSPS) is 40.1. The van der Waals surface area contributed by atoms with Crippen molar-refractivity contribution in [2.75, 3.05) is 26.3 Å². The number of hydrogen-bond acceptors (Lipinski definition) is 6. The van der Waals surface area contributed by atoms with Gasteiger partial charge in [-0.3, -0.25) is 4.90 Å². The first-order valence-corrected chi connectivity index (χ1v) is 4.61. The molecule has 6 heteroatoms. The van der Waals surface area contributed by atoms with Crippen molar-refractivity contribution in [1.29, 1.82) is 0 Å². The van der Waals surface area contributed by atoms with E-state index >= 15 is 0 Å². The summed E-state index contributed by atoms with van der Waals surface area (Å²) >= 11 is 0. The van der Waals surface area contributed by atoms with E-state index in [4.69, 9.17) is 10.2 Å². The molecule has 14 heavy (non-hydrogen) atoms. The van der Waals surface area contributed by atoms with Crippen molar-refractivity contribution in [2.45, 2.75) is 24.4 Å². The first-order chi connectivity index (χ1) is 6.61. The van der Waals surface area contributed by atoms with Crippen LogP contribution >= 0.6 is 0 Å². The van der Waals surface area contributed by atoms with Crippen LogP contribution in [-0.4, -0.2) is 81.1 Å². The predicted octanol–water partition coefficient (Wildman–Crippen LogP) is -3.26. The standard InChI is InChI=1S/C8H17NO5/c10-2-1-9-3-6(12)8(14)7(13)5(9)4-11/h5-8,10-14H,1-4H2/t5-,6-,7-,8-/m0/s1. The van der Waals surface area contributed by atoms with Crippen molar-refractivity contribution in [1.82, 2.24) is 4.90 Å². The molecular formula is C8H17NO5. The predicted molar refractivity (Wildman–Crippen MR) is 47.6 cm³/mol. The van der Waals surface area contributed by atoms with Crippen molar-refractivity contribution in [3.8, 4) is 0 Å². The summed E-state index contributed by atoms with van der Waals surface area (Å²) in [6.45, 7) is -0.0347. The lowest BCUT2D eigenvalue weighted by atomic mass is 9.94. The quantitative estimate of drug-likeness (QED) is 0.333. The van der Waals surface area contributed by atoms with Crippen LogP contribution in [0.15, 0.2) is 0 Å². The van der Waals surface area contributed by atoms with Crippen LogP contribution in [0.2, 0.25) is 0 Å². The third-order valence-electron chi connectivity index (χ3n) is 2.60. The molecule has 1 rings (SSSR count). The maximum atomic E-state index is 9.51. The molecule has 84 valence electrons. The van der Waals surface area contributed by atoms with Gasteiger partial charge in [0.05, 0.1) is 25.4 Å². The van der Waals surface area contributed by atoms with Gasteiger partial charge in [0.15, 0.2) is 0 Å². The summed E-state index contributed by atoms with van der Waals surface area (Å²) in [5.41, 5.74) is 0. The molecule has 1 heterocycles. The van der Waals surface area contributed by atoms with Crippen LogP contribution < -0.4 is 0 Å². The van der Waals surface area contributed by atoms with Crippen LogP contribution in [0.5, 0.6) is 0 Å². The number of aliphatic hydroxyl groups is 5. The van der Waals surface area contributed by atoms with Crippen LogP contribution in [0, 0.1) is 0 Å². The highest BCUT2D eigenvalue weighted by Crippen LogP contribution is 2.18. The molecule has 0 saturated carbocycles. The third kappa shape index (κ3) is 2.22. The average molecular weight is 207 g/mol. The van der Waals surface area contributed by atoms with E-state index in [1.165, 1.54) is 0 Å². The summed E-state index contributed by atoms with van der Waals surface area (Å²) in [6, 6.07) is -0.624. The first-order valence-electron chi connectivity index (χ1n) is 4.61. The maximum absolute atomic E-state index is 9.51. The van der Waals surface area contributed by atoms with Crippen molar-refractivity contribution in [3.05, 3.63) is 0 Å². The molecule has 4 atom stereocenters. The van der Waals surface area contributed by atoms with Crippen molar-refractivity contribution in [2.24, 2.45) is 0 Å². The largest absolute Gasteiger partial charge is 0.395 e. The molecule has 6 nitrogen and oxygen atoms in total. The van der Waals surface area contributed by atoms with E-state index in [0.29, 0.717) is 0 Å². The smallest absolute Gasteiger partial charge is 0.109 e. The van der Waals surface area contributed by atoms with E-state index in [1.54, 1.807) is 4.90 Å². The van der Waals surface area contributed by atoms with E-state index < -0.39 is 24.4 Å². The van der Waals surface area contributed by atoms with Crippen molar-refractivity contribution < 1.29 is 25.5 Å². The van der Waals surface area contributed by atoms with E-state index in [-0.39, 0.29) is 26.3 Å². The zero-order valence-electron chi connectivity index (χ0n) is 7.82. The molecule has 5 N–H and O–H groups in total. The Balaban J connectivity index is 2.66. The second-order valence-corrected chi connectivity index (χ2v) is 3.52. The van der Waals surface area contributed by atoms with Gasteiger partial charge in [0.1, 0.15) is 12.2 Å². The van der Waals surface area contributed by atoms with Gasteiger partial charge in [0.25, 0.3) is 0 Å². The van der Waals surface area contributed by atoms with Gasteiger partial charge in [-0.05, 0) is 0 Å². The van der Waals surface area contributed by atoms with E-state index in [0.717, 1.165) is 0 Å². The lowest BCUT2D eigenvalue weighted by Crippen LogP contribution is -2.62. The fourth-order valence-corrected chi connectivity index (χ4v) is 1.76. The Labute approximate surface area is 82.0 Å². The molecule has 0 aromatic rings. The van der Waals surface area contributed by atoms with E-state index in [1.807, 2.05) is 0 Å². The molecular weight excluding hydrogens is 190 g/mol. The Kier molecular flexibility index (Phi) is 4.24. The molecule has 0 spiro atoms. The summed E-state index contributed by atoms with van der Waals surface area (Å²) in [5.74, 6) is 0. The van der Waals surface area contributed by atoms with Crippen molar-refractivity contribution >= 4 is 0 Å². The number of piperidine rings is 1. The Bertz CT molecular complexity index is 179. The number of nitrogens with zero attached hydrogens (tertiary/aromatic N) is 1. The van der Waals surface area contributed by atoms with Crippen LogP contribution in [-0.2, 0) is 0 Å². The van der Waals surface area contributed by atoms with Crippen LogP contribution in [0.4, 0.5) is 0 Å². The molecule has 0 aromatic heterocycles. The van der Waals surface area contributed by atoms with Gasteiger partial charge in [-0.2, -0.15) is 0 Å². The van der Waals surface area contributed by atoms with Gasteiger partial charge in [-0.25, -0.2) is 0 Å². The molecule has 0 amide bonds. The number of hydrogen-bond donors (Lipinski definition) is 5. The van der Waals surface area contributed by atoms with Gasteiger partial charge in [0, 0.05) is 13.1 Å². The molecule has 0 unspecified atom stereocenters. The minimum Gasteiger partial charge on any atom is -0.395 e. The Morgan fingerprint density at radius 1 is 1.07 bits per heavy atom. The van der Waals surface area contributed by atoms with E-state index in [9.17, 15) is 15.3 Å². The van der Waals surface area contributed by atoms with Crippen molar-refractivity contribution in [3.63, 3.8) is 0 Å². The summed E-state index contributed by atoms with van der Waals surface area (Å²) in [6.07, 6.45) is -3.46. The molecule has 1 aliphatic rings. The summed E-state index contributed by atoms with van der Waals surface area (Å²) in [4.78, 5) is 1.56. The fraction of sp³-hybridized carbons (Fsp3) is 1.00. The minimum atomic E-state index is -1.23. The zero-order chi connectivity index (χ0) is 10.7. The van der Waals surface area contributed by atoms with Crippen LogP contribution in [0.1, 0.15) is 0 Å². The highest BCUT2D eigenvalue weighted by Gasteiger charge is 2.40. The average Bonchev–Trinajstić information content (AvgIpc) is 2.16. The molecule has 0 aliphatic carbocycles. The highest BCUT2D eigenvalue weighted by atomic mass is 16.4. The maximum Gasteiger partial charge on any atom is 0.109 e. The minimum absolute atomic E-state index is 0.119. The molecule has 1 saturated heterocycles. The SMILES string of the molecule is OCCN1C[C@H](O)[C@H](O)[C@@H](O)[C@@H]1CO. The van der Waals surface area contributed by atoms with Crippen LogP contribution in [0.25, 0.3) is 0 Å². The lowest BCUT2D eigenvalue weighted by Gasteiger charge is -2.42. The molecule has 0 bridgehead atoms. The first kappa shape index (κ1) is 11.8. The van der Waals surface area contributed by atoms with Crippen LogP contribution in [0.3, 0.4) is 0 Å². The second-order valence-electron chi connectivity index (χ2n) is 3.52. The number of aliphatic hydroxyl groups excluding tert-OH is 5. The second kappa shape index (κ2) is 5.01. The molecule has 1 aliphatic heterocycles. The van der Waals surface area contributed by atoms with Gasteiger partial charge < -0.3 is 25.5 Å². The van der Waals surface area contributed by atoms with Gasteiger partial charge in [-0.1, -0.05) is 0 Å². The van der Waals surface area contributed by atoms with Gasteiger partial charge in [-0.15, -0.1) is 0 Å². The summed E-state index contributed by atoms with van der Waals surface area (Å²) < 4.78 is 0. The van der Waals surface area contributed by atoms with E-state index in [2.05, 4.69) is 0 Å². The monoisotopic (exact) mass is 207 g/mol. The topological polar surface area (TPSA) is 104 Å². The Hall–Kier alpha value is -0.240. The summed E-state index contributed by atoms with van der Waals surface area (Å²) in [5, 5.41) is 45.9. The van der Waals surface area contributed by atoms with Gasteiger partial charge >= 0.3 is 0 Å². The number of β-amino-alcohol motifs (C(OH)–C–C–N with tert-alkyl or cyclic N) is 2. The zero-order valence-corrected chi connectivity index (χ0v) is 7.82. The fourth-order valence-electron chi connectivity index (χ4n) is 1.76. The number of rotatable bonds is 3. The van der Waals surface area contributed by atoms with Gasteiger partial charge in [0.2, 0.25) is 0 Å². The Morgan fingerprint density at radius 2 is 1.71 bits per heavy atom. The lowest BCUT2D eigenvalue weighted by molar-refractivity contribution is -0.146. The number of likely N-dealkylation sites (tertiary alicyclic amines) is 1. The molecule has 0 aromatic carbocycles. The highest BCUT2D eigenvalue weighted by molar-refractivity contribution is 4.93. The Morgan fingerprint density at radius 3 is 2.21 bits per heavy atom. The summed E-state index contributed by atoms with van der Waals surface area (Å²) in [7, 11) is 0. The third-order valence-corrected chi connectivity index (χ3v) is 2.60.